The standard InChI is InChI=1S/C33H20N2/c1-2-10-22-20-34-30(19-21(22)9-1)29-17-8-16-28-27-15-7-14-26-24-12-4-3-11-23(24)25-13-5-6-18-31(25)35(32(26)27)33(28)29/h1-20H. The number of rotatable bonds is 1. The maximum atomic E-state index is 4.92. The third-order valence-electron chi connectivity index (χ3n) is 7.37. The molecule has 2 nitrogen and oxygen atoms in total. The highest BCUT2D eigenvalue weighted by Crippen LogP contribution is 2.47. The second kappa shape index (κ2) is 6.91. The number of para-hydroxylation sites is 3. The molecule has 162 valence electrons. The van der Waals surface area contributed by atoms with Crippen molar-refractivity contribution < 1.29 is 0 Å². The van der Waals surface area contributed by atoms with Crippen LogP contribution in [0, 0.1) is 0 Å². The fraction of sp³-hybridized carbons (Fsp3) is 0. The van der Waals surface area contributed by atoms with Crippen molar-refractivity contribution in [2.24, 2.45) is 0 Å². The van der Waals surface area contributed by atoms with Gasteiger partial charge in [0.2, 0.25) is 0 Å². The molecule has 8 rings (SSSR count). The van der Waals surface area contributed by atoms with Crippen molar-refractivity contribution in [3.63, 3.8) is 0 Å². The predicted octanol–water partition coefficient (Wildman–Crippen LogP) is 8.65. The Morgan fingerprint density at radius 1 is 0.457 bits per heavy atom. The minimum Gasteiger partial charge on any atom is -0.307 e. The van der Waals surface area contributed by atoms with E-state index in [2.05, 4.69) is 120 Å². The van der Waals surface area contributed by atoms with Crippen LogP contribution in [0.25, 0.3) is 71.8 Å². The first kappa shape index (κ1) is 18.7. The number of hydrogen-bond donors (Lipinski definition) is 0. The van der Waals surface area contributed by atoms with E-state index in [9.17, 15) is 0 Å². The molecule has 0 saturated heterocycles. The van der Waals surface area contributed by atoms with Crippen LogP contribution in [0.3, 0.4) is 0 Å². The zero-order valence-corrected chi connectivity index (χ0v) is 18.9. The highest BCUT2D eigenvalue weighted by molar-refractivity contribution is 6.19. The van der Waals surface area contributed by atoms with Gasteiger partial charge < -0.3 is 4.57 Å². The van der Waals surface area contributed by atoms with Crippen LogP contribution in [0.15, 0.2) is 121 Å². The van der Waals surface area contributed by atoms with E-state index in [1.54, 1.807) is 0 Å². The Bertz CT molecular complexity index is 1960. The molecule has 0 unspecified atom stereocenters. The van der Waals surface area contributed by atoms with E-state index in [-0.39, 0.29) is 0 Å². The number of fused-ring (bicyclic) bond motifs is 9. The van der Waals surface area contributed by atoms with E-state index < -0.39 is 0 Å². The fourth-order valence-corrected chi connectivity index (χ4v) is 5.86. The smallest absolute Gasteiger partial charge is 0.0729 e. The van der Waals surface area contributed by atoms with Crippen molar-refractivity contribution in [2.75, 3.05) is 0 Å². The number of pyridine rings is 1. The number of nitrogens with zero attached hydrogens (tertiary/aromatic N) is 2. The van der Waals surface area contributed by atoms with Gasteiger partial charge in [0.25, 0.3) is 0 Å². The van der Waals surface area contributed by atoms with Crippen LogP contribution in [-0.2, 0) is 0 Å². The van der Waals surface area contributed by atoms with Crippen molar-refractivity contribution in [1.82, 2.24) is 9.55 Å². The molecule has 0 fully saturated rings. The molecule has 1 aliphatic rings. The molecule has 0 amide bonds. The lowest BCUT2D eigenvalue weighted by atomic mass is 9.93. The van der Waals surface area contributed by atoms with Crippen LogP contribution in [0.4, 0.5) is 0 Å². The minimum atomic E-state index is 0.995. The lowest BCUT2D eigenvalue weighted by molar-refractivity contribution is 1.19. The van der Waals surface area contributed by atoms with Gasteiger partial charge in [0, 0.05) is 39.0 Å². The lowest BCUT2D eigenvalue weighted by Crippen LogP contribution is -1.97. The molecule has 7 aromatic rings. The van der Waals surface area contributed by atoms with Gasteiger partial charge in [-0.1, -0.05) is 103 Å². The minimum absolute atomic E-state index is 0.995. The molecule has 0 spiro atoms. The molecule has 0 N–H and O–H groups in total. The summed E-state index contributed by atoms with van der Waals surface area (Å²) >= 11 is 0. The van der Waals surface area contributed by atoms with E-state index >= 15 is 0 Å². The molecule has 5 aromatic carbocycles. The summed E-state index contributed by atoms with van der Waals surface area (Å²) in [7, 11) is 0. The number of aromatic nitrogens is 2. The average Bonchev–Trinajstić information content (AvgIpc) is 3.21. The normalized spacial score (nSPS) is 12.0. The zero-order valence-electron chi connectivity index (χ0n) is 18.9. The van der Waals surface area contributed by atoms with Gasteiger partial charge >= 0.3 is 0 Å². The quantitative estimate of drug-likeness (QED) is 0.248. The van der Waals surface area contributed by atoms with E-state index in [4.69, 9.17) is 4.98 Å². The molecule has 2 aromatic heterocycles. The summed E-state index contributed by atoms with van der Waals surface area (Å²) in [5.41, 5.74) is 10.9. The molecule has 0 atom stereocenters. The molecule has 3 heterocycles. The van der Waals surface area contributed by atoms with Crippen molar-refractivity contribution in [3.8, 4) is 39.2 Å². The zero-order chi connectivity index (χ0) is 22.9. The van der Waals surface area contributed by atoms with E-state index in [1.807, 2.05) is 6.20 Å². The van der Waals surface area contributed by atoms with Gasteiger partial charge in [0.15, 0.2) is 0 Å². The van der Waals surface area contributed by atoms with Crippen LogP contribution in [0.2, 0.25) is 0 Å². The van der Waals surface area contributed by atoms with Gasteiger partial charge in [-0.25, -0.2) is 0 Å². The van der Waals surface area contributed by atoms with Crippen LogP contribution in [0.5, 0.6) is 0 Å². The summed E-state index contributed by atoms with van der Waals surface area (Å²) in [6.07, 6.45) is 1.99. The Kier molecular flexibility index (Phi) is 3.69. The molecular weight excluding hydrogens is 424 g/mol. The Morgan fingerprint density at radius 2 is 1.03 bits per heavy atom. The first-order chi connectivity index (χ1) is 17.4. The lowest BCUT2D eigenvalue weighted by Gasteiger charge is -2.14. The molecule has 0 saturated carbocycles. The highest BCUT2D eigenvalue weighted by Gasteiger charge is 2.25. The fourth-order valence-electron chi connectivity index (χ4n) is 5.86. The maximum Gasteiger partial charge on any atom is 0.0729 e. The van der Waals surface area contributed by atoms with Crippen molar-refractivity contribution >= 4 is 32.6 Å². The Labute approximate surface area is 202 Å². The van der Waals surface area contributed by atoms with Gasteiger partial charge in [0.05, 0.1) is 22.4 Å². The van der Waals surface area contributed by atoms with Gasteiger partial charge in [0.1, 0.15) is 0 Å². The van der Waals surface area contributed by atoms with Crippen LogP contribution in [-0.4, -0.2) is 9.55 Å². The van der Waals surface area contributed by atoms with Gasteiger partial charge in [-0.15, -0.1) is 0 Å². The van der Waals surface area contributed by atoms with Gasteiger partial charge in [-0.05, 0) is 28.6 Å². The molecule has 0 radical (unpaired) electrons. The summed E-state index contributed by atoms with van der Waals surface area (Å²) in [6, 6.07) is 41.5. The average molecular weight is 445 g/mol. The van der Waals surface area contributed by atoms with E-state index in [1.165, 1.54) is 55.1 Å². The molecule has 35 heavy (non-hydrogen) atoms. The second-order valence-electron chi connectivity index (χ2n) is 9.22. The first-order valence-electron chi connectivity index (χ1n) is 12.0. The summed E-state index contributed by atoms with van der Waals surface area (Å²) in [5, 5.41) is 4.88. The molecule has 1 aliphatic heterocycles. The highest BCUT2D eigenvalue weighted by atomic mass is 15.0. The number of benzene rings is 5. The summed E-state index contributed by atoms with van der Waals surface area (Å²) in [4.78, 5) is 4.92. The molecular formula is C33H20N2. The Hall–Kier alpha value is -4.69. The number of hydrogen-bond acceptors (Lipinski definition) is 1. The van der Waals surface area contributed by atoms with Crippen LogP contribution in [0.1, 0.15) is 0 Å². The largest absolute Gasteiger partial charge is 0.307 e. The molecule has 0 aliphatic carbocycles. The monoisotopic (exact) mass is 444 g/mol. The maximum absolute atomic E-state index is 4.92. The third kappa shape index (κ3) is 2.51. The SMILES string of the molecule is c1ccc2c(c1)-c1ccccc1-n1c3c(-c4cc5ccccc5cn4)cccc3c3cccc-2c31. The second-order valence-corrected chi connectivity index (χ2v) is 9.22. The van der Waals surface area contributed by atoms with E-state index in [0.29, 0.717) is 0 Å². The topological polar surface area (TPSA) is 17.8 Å². The molecule has 2 heteroatoms. The van der Waals surface area contributed by atoms with Crippen molar-refractivity contribution in [2.45, 2.75) is 0 Å². The van der Waals surface area contributed by atoms with Gasteiger partial charge in [-0.3, -0.25) is 4.98 Å². The summed E-state index contributed by atoms with van der Waals surface area (Å²) < 4.78 is 2.47. The van der Waals surface area contributed by atoms with Crippen LogP contribution < -0.4 is 0 Å². The summed E-state index contributed by atoms with van der Waals surface area (Å²) in [5.74, 6) is 0. The Balaban J connectivity index is 1.59. The van der Waals surface area contributed by atoms with Crippen molar-refractivity contribution in [3.05, 3.63) is 121 Å². The predicted molar refractivity (Wildman–Crippen MR) is 146 cm³/mol. The van der Waals surface area contributed by atoms with Crippen LogP contribution >= 0.6 is 0 Å². The first-order valence-corrected chi connectivity index (χ1v) is 12.0. The third-order valence-corrected chi connectivity index (χ3v) is 7.37. The summed E-state index contributed by atoms with van der Waals surface area (Å²) in [6.45, 7) is 0. The van der Waals surface area contributed by atoms with Crippen molar-refractivity contribution in [1.29, 1.82) is 0 Å². The van der Waals surface area contributed by atoms with Gasteiger partial charge in [-0.2, -0.15) is 0 Å². The Morgan fingerprint density at radius 3 is 1.83 bits per heavy atom. The molecule has 0 bridgehead atoms. The van der Waals surface area contributed by atoms with E-state index in [0.717, 1.165) is 16.6 Å².